The van der Waals surface area contributed by atoms with Crippen LogP contribution in [0.2, 0.25) is 0 Å². The van der Waals surface area contributed by atoms with E-state index in [4.69, 9.17) is 0 Å². The summed E-state index contributed by atoms with van der Waals surface area (Å²) in [6.45, 7) is 52.7. The van der Waals surface area contributed by atoms with Crippen LogP contribution in [0.3, 0.4) is 0 Å². The third-order valence-electron chi connectivity index (χ3n) is 27.1. The summed E-state index contributed by atoms with van der Waals surface area (Å²) in [4.78, 5) is 31.8. The Morgan fingerprint density at radius 1 is 0.191 bits per heavy atom. The van der Waals surface area contributed by atoms with Gasteiger partial charge in [-0.05, 0) is 414 Å². The number of hydrogen-bond acceptors (Lipinski definition) is 7. The molecule has 7 nitrogen and oxygen atoms in total. The molecule has 14 aromatic rings. The number of fused-ring (bicyclic) bond motifs is 21. The van der Waals surface area contributed by atoms with Crippen molar-refractivity contribution in [2.24, 2.45) is 0 Å². The van der Waals surface area contributed by atoms with Crippen molar-refractivity contribution in [3.05, 3.63) is 365 Å². The summed E-state index contributed by atoms with van der Waals surface area (Å²) in [5, 5.41) is 0. The lowest BCUT2D eigenvalue weighted by molar-refractivity contribution is 1.06. The monoisotopic (exact) mass is 1510 g/mol. The van der Waals surface area contributed by atoms with Crippen molar-refractivity contribution in [1.29, 1.82) is 0 Å². The summed E-state index contributed by atoms with van der Waals surface area (Å²) in [7, 11) is 0. The van der Waals surface area contributed by atoms with Crippen LogP contribution < -0.4 is 0 Å². The predicted octanol–water partition coefficient (Wildman–Crippen LogP) is 26.0. The van der Waals surface area contributed by atoms with Crippen LogP contribution in [0.5, 0.6) is 0 Å². The van der Waals surface area contributed by atoms with Gasteiger partial charge >= 0.3 is 0 Å². The first-order chi connectivity index (χ1) is 55.0. The molecular formula is C108H111N7. The minimum Gasteiger partial charge on any atom is -0.260 e. The van der Waals surface area contributed by atoms with Crippen LogP contribution in [0.25, 0.3) is 77.9 Å². The largest absolute Gasteiger partial charge is 0.260 e. The molecule has 115 heavy (non-hydrogen) atoms. The molecule has 7 aromatic heterocycles. The Hall–Kier alpha value is -11.4. The van der Waals surface area contributed by atoms with Crippen LogP contribution in [0.1, 0.15) is 212 Å². The van der Waals surface area contributed by atoms with Crippen molar-refractivity contribution in [3.8, 4) is 77.9 Å². The van der Waals surface area contributed by atoms with Crippen LogP contribution in [-0.4, -0.2) is 34.9 Å². The zero-order valence-electron chi connectivity index (χ0n) is 72.5. The van der Waals surface area contributed by atoms with Crippen molar-refractivity contribution in [2.45, 2.75) is 211 Å². The van der Waals surface area contributed by atoms with E-state index in [1.807, 2.05) is 49.3 Å². The SMILES string of the molecule is Cc1c(C)c(C)c2c(c1C)Cc1ncccc1-2.Cc1cc(C)c2c(c1C)Cc1ncccc1-2.Cc1cc2c(c(C)c1C)Cc1nccc(C)c1-2.Cc1ccc2c(c1C)Cc1nccc(C)c1-2.Cc1ccc2c(n1)Cc1c-2ccc(C)c1C.Cc1cnc2c(c1)-c1cc(C)c(C)c(C)c1C2.Cc1cnc2c(c1)-c1ccc(C)c(C)c1C2. The summed E-state index contributed by atoms with van der Waals surface area (Å²) in [6, 6.07) is 41.8. The number of aromatic nitrogens is 7. The second-order valence-electron chi connectivity index (χ2n) is 34.0. The summed E-state index contributed by atoms with van der Waals surface area (Å²) in [6.07, 6.45) is 18.6. The van der Waals surface area contributed by atoms with Gasteiger partial charge in [0, 0.05) is 127 Å². The molecule has 7 heterocycles. The highest BCUT2D eigenvalue weighted by Gasteiger charge is 2.31. The molecular weight excluding hydrogens is 1400 g/mol. The molecule has 7 heteroatoms. The van der Waals surface area contributed by atoms with E-state index in [9.17, 15) is 0 Å². The van der Waals surface area contributed by atoms with E-state index >= 15 is 0 Å². The zero-order valence-corrected chi connectivity index (χ0v) is 72.5. The standard InChI is InChI=1S/3C16H17N.4C15H15N/c1-9-5-15-14-6-10(2)11(3)12(4)13(14)7-16(15)17-8-9;1-9-5-6-17-15-8-13-12(4)11(3)10(2)7-14(13)16(9)15;1-9-10(2)12(4)16-13-6-5-7-17-15(13)8-14(16)11(9)3;1-9-4-6-12-13-7-5-10(2)16-15(13)8-14(12)11(9)3;1-9-6-14-12-5-4-10(2)11(3)13(12)7-15(14)16-8-9;1-9-4-5-12-13(11(9)3)8-14-15(12)10(2)6-7-16-14;1-9-7-10(2)15-12-5-4-6-16-14(12)8-13(15)11(9)3/h5-6,8H,7H2,1-4H3;2*5-7H,8H2,1-4H3;4-7H,8H2,1-3H3;4-6,8H,7H2,1-3H3;2*4-7H,8H2,1-3H3. The molecule has 7 aliphatic carbocycles. The Morgan fingerprint density at radius 3 is 1.10 bits per heavy atom. The van der Waals surface area contributed by atoms with Gasteiger partial charge in [-0.1, -0.05) is 72.8 Å². The second kappa shape index (κ2) is 31.4. The highest BCUT2D eigenvalue weighted by atomic mass is 14.7. The predicted molar refractivity (Wildman–Crippen MR) is 481 cm³/mol. The van der Waals surface area contributed by atoms with Crippen LogP contribution in [-0.2, 0) is 44.9 Å². The first-order valence-corrected chi connectivity index (χ1v) is 41.3. The highest BCUT2D eigenvalue weighted by Crippen LogP contribution is 2.47. The van der Waals surface area contributed by atoms with Gasteiger partial charge in [0.05, 0.1) is 39.9 Å². The molecule has 0 unspecified atom stereocenters. The van der Waals surface area contributed by atoms with Gasteiger partial charge in [-0.3, -0.25) is 34.9 Å². The highest BCUT2D eigenvalue weighted by molar-refractivity contribution is 5.85. The molecule has 0 amide bonds. The first kappa shape index (κ1) is 78.8. The number of nitrogens with zero attached hydrogens (tertiary/aromatic N) is 7. The van der Waals surface area contributed by atoms with Crippen molar-refractivity contribution in [2.75, 3.05) is 0 Å². The van der Waals surface area contributed by atoms with Crippen LogP contribution in [0.15, 0.2) is 152 Å². The molecule has 0 bridgehead atoms. The Morgan fingerprint density at radius 2 is 0.557 bits per heavy atom. The minimum absolute atomic E-state index is 0.998. The quantitative estimate of drug-likeness (QED) is 0.149. The van der Waals surface area contributed by atoms with Crippen LogP contribution >= 0.6 is 0 Å². The van der Waals surface area contributed by atoms with Gasteiger partial charge in [0.2, 0.25) is 0 Å². The van der Waals surface area contributed by atoms with Crippen LogP contribution in [0, 0.1) is 166 Å². The lowest BCUT2D eigenvalue weighted by atomic mass is 9.89. The molecule has 7 aromatic carbocycles. The lowest BCUT2D eigenvalue weighted by Gasteiger charge is -2.15. The smallest absolute Gasteiger partial charge is 0.0529 e. The molecule has 7 aliphatic rings. The maximum Gasteiger partial charge on any atom is 0.0529 e. The summed E-state index contributed by atoms with van der Waals surface area (Å²) in [5.74, 6) is 0. The van der Waals surface area contributed by atoms with Crippen molar-refractivity contribution >= 4 is 0 Å². The number of hydrogen-bond donors (Lipinski definition) is 0. The Kier molecular flexibility index (Phi) is 21.5. The first-order valence-electron chi connectivity index (χ1n) is 41.3. The topological polar surface area (TPSA) is 90.2 Å². The van der Waals surface area contributed by atoms with Crippen LogP contribution in [0.4, 0.5) is 0 Å². The van der Waals surface area contributed by atoms with E-state index in [0.29, 0.717) is 0 Å². The van der Waals surface area contributed by atoms with Gasteiger partial charge in [-0.15, -0.1) is 0 Å². The second-order valence-corrected chi connectivity index (χ2v) is 34.0. The van der Waals surface area contributed by atoms with Gasteiger partial charge in [0.25, 0.3) is 0 Å². The summed E-state index contributed by atoms with van der Waals surface area (Å²) < 4.78 is 0. The molecule has 578 valence electrons. The maximum atomic E-state index is 4.64. The zero-order chi connectivity index (χ0) is 81.6. The third kappa shape index (κ3) is 14.4. The van der Waals surface area contributed by atoms with Crippen molar-refractivity contribution in [3.63, 3.8) is 0 Å². The molecule has 21 rings (SSSR count). The average Bonchev–Trinajstić information content (AvgIpc) is 1.63. The Labute approximate surface area is 684 Å². The summed E-state index contributed by atoms with van der Waals surface area (Å²) >= 11 is 0. The van der Waals surface area contributed by atoms with Crippen molar-refractivity contribution < 1.29 is 0 Å². The van der Waals surface area contributed by atoms with Gasteiger partial charge in [-0.25, -0.2) is 0 Å². The fraction of sp³-hybridized carbons (Fsp3) is 0.287. The molecule has 0 spiro atoms. The molecule has 0 aliphatic heterocycles. The van der Waals surface area contributed by atoms with Gasteiger partial charge in [0.1, 0.15) is 0 Å². The number of aryl methyl sites for hydroxylation is 12. The van der Waals surface area contributed by atoms with E-state index in [2.05, 4.69) is 304 Å². The molecule has 0 saturated carbocycles. The molecule has 0 fully saturated rings. The lowest BCUT2D eigenvalue weighted by Crippen LogP contribution is -1.98. The Balaban J connectivity index is 0.000000106. The van der Waals surface area contributed by atoms with E-state index in [1.54, 1.807) is 0 Å². The Bertz CT molecular complexity index is 6350. The molecule has 0 saturated heterocycles. The number of pyridine rings is 7. The maximum absolute atomic E-state index is 4.64. The average molecular weight is 1510 g/mol. The molecule has 0 N–H and O–H groups in total. The third-order valence-corrected chi connectivity index (χ3v) is 27.1. The number of benzene rings is 7. The van der Waals surface area contributed by atoms with Gasteiger partial charge < -0.3 is 0 Å². The van der Waals surface area contributed by atoms with E-state index in [0.717, 1.165) is 50.6 Å². The van der Waals surface area contributed by atoms with E-state index in [1.165, 1.54) is 285 Å². The van der Waals surface area contributed by atoms with Crippen molar-refractivity contribution in [1.82, 2.24) is 34.9 Å². The van der Waals surface area contributed by atoms with Gasteiger partial charge in [-0.2, -0.15) is 0 Å². The normalized spacial score (nSPS) is 12.5. The number of rotatable bonds is 0. The fourth-order valence-corrected chi connectivity index (χ4v) is 18.9. The molecule has 0 atom stereocenters. The summed E-state index contributed by atoms with van der Waals surface area (Å²) in [5.41, 5.74) is 71.3. The molecule has 0 radical (unpaired) electrons. The van der Waals surface area contributed by atoms with E-state index in [-0.39, 0.29) is 0 Å². The van der Waals surface area contributed by atoms with E-state index < -0.39 is 0 Å². The van der Waals surface area contributed by atoms with Gasteiger partial charge in [0.15, 0.2) is 0 Å². The minimum atomic E-state index is 0.998. The fourth-order valence-electron chi connectivity index (χ4n) is 18.9.